The lowest BCUT2D eigenvalue weighted by Crippen LogP contribution is -2.30. The Labute approximate surface area is 155 Å². The van der Waals surface area contributed by atoms with E-state index in [1.165, 1.54) is 0 Å². The Morgan fingerprint density at radius 1 is 1.00 bits per heavy atom. The predicted octanol–water partition coefficient (Wildman–Crippen LogP) is 3.30. The van der Waals surface area contributed by atoms with Gasteiger partial charge in [0.1, 0.15) is 11.5 Å². The summed E-state index contributed by atoms with van der Waals surface area (Å²) < 4.78 is 16.0. The highest BCUT2D eigenvalue weighted by molar-refractivity contribution is 5.93. The van der Waals surface area contributed by atoms with Crippen LogP contribution < -0.4 is 20.1 Å². The van der Waals surface area contributed by atoms with Gasteiger partial charge in [-0.05, 0) is 29.8 Å². The van der Waals surface area contributed by atoms with E-state index >= 15 is 0 Å². The lowest BCUT2D eigenvalue weighted by Gasteiger charge is -2.13. The van der Waals surface area contributed by atoms with Crippen LogP contribution in [0.3, 0.4) is 0 Å². The highest BCUT2D eigenvalue weighted by Crippen LogP contribution is 2.17. The van der Waals surface area contributed by atoms with E-state index in [0.717, 1.165) is 29.2 Å². The molecule has 0 radical (unpaired) electrons. The Bertz CT molecular complexity index is 704. The number of hydrogen-bond donors (Lipinski definition) is 2. The molecule has 6 heteroatoms. The predicted molar refractivity (Wildman–Crippen MR) is 105 cm³/mol. The molecule has 0 saturated heterocycles. The van der Waals surface area contributed by atoms with Gasteiger partial charge in [0.05, 0.1) is 13.7 Å². The van der Waals surface area contributed by atoms with Gasteiger partial charge in [0.15, 0.2) is 5.96 Å². The summed E-state index contributed by atoms with van der Waals surface area (Å²) in [6, 6.07) is 15.7. The van der Waals surface area contributed by atoms with E-state index in [9.17, 15) is 0 Å². The first kappa shape index (κ1) is 19.6. The minimum atomic E-state index is 0.625. The van der Waals surface area contributed by atoms with Crippen LogP contribution in [0, 0.1) is 0 Å². The fourth-order valence-electron chi connectivity index (χ4n) is 2.34. The van der Waals surface area contributed by atoms with E-state index in [4.69, 9.17) is 14.2 Å². The van der Waals surface area contributed by atoms with Gasteiger partial charge in [-0.2, -0.15) is 0 Å². The van der Waals surface area contributed by atoms with E-state index in [1.807, 2.05) is 48.5 Å². The van der Waals surface area contributed by atoms with Gasteiger partial charge in [-0.15, -0.1) is 0 Å². The maximum atomic E-state index is 5.72. The third kappa shape index (κ3) is 6.64. The van der Waals surface area contributed by atoms with Crippen LogP contribution >= 0.6 is 0 Å². The van der Waals surface area contributed by atoms with Crippen molar-refractivity contribution in [3.8, 4) is 11.5 Å². The van der Waals surface area contributed by atoms with Crippen molar-refractivity contribution in [2.24, 2.45) is 4.99 Å². The summed E-state index contributed by atoms with van der Waals surface area (Å²) in [7, 11) is 5.10. The molecule has 0 amide bonds. The molecular weight excluding hydrogens is 330 g/mol. The van der Waals surface area contributed by atoms with Crippen molar-refractivity contribution >= 4 is 11.6 Å². The van der Waals surface area contributed by atoms with Gasteiger partial charge in [-0.3, -0.25) is 4.99 Å². The van der Waals surface area contributed by atoms with Gasteiger partial charge >= 0.3 is 0 Å². The summed E-state index contributed by atoms with van der Waals surface area (Å²) in [6.45, 7) is 1.96. The quantitative estimate of drug-likeness (QED) is 0.410. The summed E-state index contributed by atoms with van der Waals surface area (Å²) in [5.41, 5.74) is 2.02. The highest BCUT2D eigenvalue weighted by atomic mass is 16.5. The molecule has 0 fully saturated rings. The molecule has 2 aromatic carbocycles. The summed E-state index contributed by atoms with van der Waals surface area (Å²) in [6.07, 6.45) is 0.859. The molecule has 0 aliphatic carbocycles. The topological polar surface area (TPSA) is 64.1 Å². The Morgan fingerprint density at radius 3 is 2.58 bits per heavy atom. The van der Waals surface area contributed by atoms with Crippen LogP contribution in [-0.2, 0) is 11.3 Å². The second-order valence-electron chi connectivity index (χ2n) is 5.62. The van der Waals surface area contributed by atoms with Crippen molar-refractivity contribution in [1.82, 2.24) is 5.32 Å². The average Bonchev–Trinajstić information content (AvgIpc) is 2.69. The Kier molecular flexibility index (Phi) is 8.29. The van der Waals surface area contributed by atoms with Crippen molar-refractivity contribution in [2.45, 2.75) is 13.0 Å². The van der Waals surface area contributed by atoms with Crippen molar-refractivity contribution in [3.63, 3.8) is 0 Å². The molecule has 0 aromatic heterocycles. The van der Waals surface area contributed by atoms with E-state index in [1.54, 1.807) is 21.3 Å². The second kappa shape index (κ2) is 11.0. The van der Waals surface area contributed by atoms with Crippen LogP contribution in [-0.4, -0.2) is 40.4 Å². The average molecular weight is 357 g/mol. The molecule has 0 saturated carbocycles. The van der Waals surface area contributed by atoms with Crippen molar-refractivity contribution in [3.05, 3.63) is 54.1 Å². The number of anilines is 1. The summed E-state index contributed by atoms with van der Waals surface area (Å²) in [5.74, 6) is 2.34. The number of nitrogens with one attached hydrogen (secondary N) is 2. The largest absolute Gasteiger partial charge is 0.497 e. The number of ether oxygens (including phenoxy) is 3. The number of benzene rings is 2. The molecule has 6 nitrogen and oxygen atoms in total. The molecule has 2 N–H and O–H groups in total. The maximum Gasteiger partial charge on any atom is 0.195 e. The maximum absolute atomic E-state index is 5.72. The monoisotopic (exact) mass is 357 g/mol. The number of hydrogen-bond acceptors (Lipinski definition) is 4. The van der Waals surface area contributed by atoms with Crippen LogP contribution in [0.1, 0.15) is 12.0 Å². The smallest absolute Gasteiger partial charge is 0.195 e. The van der Waals surface area contributed by atoms with Crippen molar-refractivity contribution < 1.29 is 14.2 Å². The van der Waals surface area contributed by atoms with Crippen LogP contribution in [0.25, 0.3) is 0 Å². The summed E-state index contributed by atoms with van der Waals surface area (Å²) in [5, 5.41) is 6.56. The zero-order valence-corrected chi connectivity index (χ0v) is 15.6. The number of aliphatic imine (C=N–C) groups is 1. The van der Waals surface area contributed by atoms with Gasteiger partial charge < -0.3 is 24.8 Å². The molecule has 26 heavy (non-hydrogen) atoms. The third-order valence-electron chi connectivity index (χ3n) is 3.68. The van der Waals surface area contributed by atoms with Crippen LogP contribution in [0.2, 0.25) is 0 Å². The minimum absolute atomic E-state index is 0.625. The van der Waals surface area contributed by atoms with Crippen LogP contribution in [0.4, 0.5) is 5.69 Å². The molecule has 2 aromatic rings. The summed E-state index contributed by atoms with van der Waals surface area (Å²) in [4.78, 5) is 4.26. The zero-order chi connectivity index (χ0) is 18.6. The molecule has 0 spiro atoms. The molecule has 0 bridgehead atoms. The Morgan fingerprint density at radius 2 is 1.81 bits per heavy atom. The van der Waals surface area contributed by atoms with E-state index < -0.39 is 0 Å². The lowest BCUT2D eigenvalue weighted by molar-refractivity contribution is 0.172. The fraction of sp³-hybridized carbons (Fsp3) is 0.350. The van der Waals surface area contributed by atoms with Gasteiger partial charge in [0, 0.05) is 45.5 Å². The first-order chi connectivity index (χ1) is 12.7. The first-order valence-corrected chi connectivity index (χ1v) is 8.57. The normalized spacial score (nSPS) is 11.1. The van der Waals surface area contributed by atoms with Gasteiger partial charge in [0.2, 0.25) is 0 Å². The molecule has 0 unspecified atom stereocenters. The first-order valence-electron chi connectivity index (χ1n) is 8.57. The van der Waals surface area contributed by atoms with Crippen LogP contribution in [0.15, 0.2) is 53.5 Å². The molecular formula is C20H27N3O3. The number of guanidine groups is 1. The number of rotatable bonds is 9. The van der Waals surface area contributed by atoms with E-state index in [-0.39, 0.29) is 0 Å². The number of methoxy groups -OCH3 is 2. The van der Waals surface area contributed by atoms with Crippen LogP contribution in [0.5, 0.6) is 11.5 Å². The van der Waals surface area contributed by atoms with Gasteiger partial charge in [-0.25, -0.2) is 0 Å². The fourth-order valence-corrected chi connectivity index (χ4v) is 2.34. The van der Waals surface area contributed by atoms with E-state index in [2.05, 4.69) is 15.6 Å². The third-order valence-corrected chi connectivity index (χ3v) is 3.68. The number of nitrogens with zero attached hydrogens (tertiary/aromatic N) is 1. The molecule has 2 rings (SSSR count). The molecule has 0 atom stereocenters. The molecule has 0 aliphatic heterocycles. The van der Waals surface area contributed by atoms with Crippen molar-refractivity contribution in [1.29, 1.82) is 0 Å². The standard InChI is InChI=1S/C20H27N3O3/c1-21-20(22-15-16-7-4-9-18(13-16)25-3)23-17-8-5-10-19(14-17)26-12-6-11-24-2/h4-5,7-10,13-14H,6,11-12,15H2,1-3H3,(H2,21,22,23). The molecule has 0 heterocycles. The minimum Gasteiger partial charge on any atom is -0.497 e. The van der Waals surface area contributed by atoms with E-state index in [0.29, 0.717) is 25.7 Å². The molecule has 0 aliphatic rings. The lowest BCUT2D eigenvalue weighted by atomic mass is 10.2. The Balaban J connectivity index is 1.88. The molecule has 140 valence electrons. The second-order valence-corrected chi connectivity index (χ2v) is 5.62. The highest BCUT2D eigenvalue weighted by Gasteiger charge is 2.02. The zero-order valence-electron chi connectivity index (χ0n) is 15.6. The van der Waals surface area contributed by atoms with Gasteiger partial charge in [-0.1, -0.05) is 18.2 Å². The van der Waals surface area contributed by atoms with Crippen molar-refractivity contribution in [2.75, 3.05) is 39.8 Å². The Hall–Kier alpha value is -2.73. The summed E-state index contributed by atoms with van der Waals surface area (Å²) >= 11 is 0. The SMILES string of the molecule is CN=C(NCc1cccc(OC)c1)Nc1cccc(OCCCOC)c1. The van der Waals surface area contributed by atoms with Gasteiger partial charge in [0.25, 0.3) is 0 Å².